The first-order valence-corrected chi connectivity index (χ1v) is 11.7. The molecular weight excluding hydrogens is 358 g/mol. The molecule has 5 unspecified atom stereocenters. The van der Waals surface area contributed by atoms with Gasteiger partial charge in [-0.05, 0) is 119 Å². The summed E-state index contributed by atoms with van der Waals surface area (Å²) in [5.41, 5.74) is 4.95. The first-order valence-electron chi connectivity index (χ1n) is 11.7. The summed E-state index contributed by atoms with van der Waals surface area (Å²) in [5.74, 6) is 2.73. The smallest absolute Gasteiger partial charge is 0.115 e. The van der Waals surface area contributed by atoms with E-state index in [2.05, 4.69) is 45.0 Å². The van der Waals surface area contributed by atoms with Gasteiger partial charge in [-0.15, -0.1) is 0 Å². The summed E-state index contributed by atoms with van der Waals surface area (Å²) < 4.78 is 6.12. The van der Waals surface area contributed by atoms with Gasteiger partial charge in [-0.2, -0.15) is 0 Å². The van der Waals surface area contributed by atoms with E-state index in [4.69, 9.17) is 4.74 Å². The predicted octanol–water partition coefficient (Wildman–Crippen LogP) is 5.53. The molecule has 0 bridgehead atoms. The number of aryl methyl sites for hydroxylation is 1. The summed E-state index contributed by atoms with van der Waals surface area (Å²) >= 11 is 0. The van der Waals surface area contributed by atoms with Gasteiger partial charge in [-0.3, -0.25) is 0 Å². The molecule has 1 N–H and O–H groups in total. The maximum absolute atomic E-state index is 9.87. The average molecular weight is 398 g/mol. The number of rotatable bonds is 6. The van der Waals surface area contributed by atoms with E-state index in [0.717, 1.165) is 37.8 Å². The molecule has 0 amide bonds. The highest BCUT2D eigenvalue weighted by atomic mass is 16.5. The number of ether oxygens (including phenoxy) is 1. The number of fused-ring (bicyclic) bond motifs is 5. The molecule has 0 saturated heterocycles. The number of phenolic OH excluding ortho intramolecular Hbond substituents is 1. The molecule has 3 aliphatic rings. The summed E-state index contributed by atoms with van der Waals surface area (Å²) in [5, 5.41) is 9.87. The van der Waals surface area contributed by atoms with Gasteiger partial charge in [-0.25, -0.2) is 0 Å². The van der Waals surface area contributed by atoms with Crippen LogP contribution in [0, 0.1) is 17.3 Å². The molecule has 0 aromatic heterocycles. The Kier molecular flexibility index (Phi) is 6.09. The molecule has 0 radical (unpaired) electrons. The number of nitrogens with zero attached hydrogens (tertiary/aromatic N) is 1. The van der Waals surface area contributed by atoms with Gasteiger partial charge in [0.15, 0.2) is 0 Å². The number of allylic oxidation sites excluding steroid dienone is 1. The molecule has 29 heavy (non-hydrogen) atoms. The highest BCUT2D eigenvalue weighted by molar-refractivity contribution is 5.40. The Bertz CT molecular complexity index is 755. The Hall–Kier alpha value is -1.32. The van der Waals surface area contributed by atoms with Crippen molar-refractivity contribution in [2.75, 3.05) is 27.2 Å². The van der Waals surface area contributed by atoms with Crippen LogP contribution >= 0.6 is 0 Å². The maximum Gasteiger partial charge on any atom is 0.115 e. The lowest BCUT2D eigenvalue weighted by Crippen LogP contribution is -2.40. The number of benzene rings is 1. The Morgan fingerprint density at radius 3 is 2.86 bits per heavy atom. The first kappa shape index (κ1) is 20.9. The quantitative estimate of drug-likeness (QED) is 0.641. The summed E-state index contributed by atoms with van der Waals surface area (Å²) in [6, 6.07) is 6.11. The monoisotopic (exact) mass is 397 g/mol. The minimum Gasteiger partial charge on any atom is -0.508 e. The molecule has 1 aromatic rings. The minimum atomic E-state index is 0.321. The lowest BCUT2D eigenvalue weighted by molar-refractivity contribution is 0.0698. The van der Waals surface area contributed by atoms with Crippen LogP contribution in [-0.2, 0) is 11.2 Å². The van der Waals surface area contributed by atoms with Gasteiger partial charge in [0.05, 0.1) is 12.7 Å². The zero-order chi connectivity index (χ0) is 20.6. The number of aromatic hydroxyl groups is 1. The van der Waals surface area contributed by atoms with Crippen molar-refractivity contribution in [2.45, 2.75) is 70.8 Å². The predicted molar refractivity (Wildman–Crippen MR) is 119 cm³/mol. The second kappa shape index (κ2) is 8.43. The molecule has 1 aromatic carbocycles. The van der Waals surface area contributed by atoms with Crippen LogP contribution in [0.25, 0.3) is 0 Å². The van der Waals surface area contributed by atoms with E-state index in [9.17, 15) is 5.11 Å². The fraction of sp³-hybridized carbons (Fsp3) is 0.692. The highest BCUT2D eigenvalue weighted by Crippen LogP contribution is 2.62. The number of hydrogen-bond donors (Lipinski definition) is 1. The van der Waals surface area contributed by atoms with Gasteiger partial charge < -0.3 is 14.7 Å². The largest absolute Gasteiger partial charge is 0.508 e. The van der Waals surface area contributed by atoms with Gasteiger partial charge in [0, 0.05) is 0 Å². The van der Waals surface area contributed by atoms with Crippen LogP contribution in [0.3, 0.4) is 0 Å². The lowest BCUT2D eigenvalue weighted by Gasteiger charge is -2.49. The van der Waals surface area contributed by atoms with Gasteiger partial charge >= 0.3 is 0 Å². The normalized spacial score (nSPS) is 33.4. The minimum absolute atomic E-state index is 0.321. The first-order chi connectivity index (χ1) is 13.9. The van der Waals surface area contributed by atoms with Crippen molar-refractivity contribution in [3.63, 3.8) is 0 Å². The average Bonchev–Trinajstić information content (AvgIpc) is 3.02. The van der Waals surface area contributed by atoms with Crippen molar-refractivity contribution in [1.82, 2.24) is 4.90 Å². The van der Waals surface area contributed by atoms with Crippen molar-refractivity contribution >= 4 is 0 Å². The Morgan fingerprint density at radius 1 is 1.24 bits per heavy atom. The summed E-state index contributed by atoms with van der Waals surface area (Å²) in [6.45, 7) is 6.58. The Balaban J connectivity index is 1.42. The molecule has 3 aliphatic carbocycles. The molecular formula is C26H39NO2. The molecule has 0 aliphatic heterocycles. The van der Waals surface area contributed by atoms with Crippen LogP contribution in [0.4, 0.5) is 0 Å². The van der Waals surface area contributed by atoms with Crippen molar-refractivity contribution in [1.29, 1.82) is 0 Å². The molecule has 5 atom stereocenters. The molecule has 3 nitrogen and oxygen atoms in total. The van der Waals surface area contributed by atoms with E-state index in [1.54, 1.807) is 5.57 Å². The van der Waals surface area contributed by atoms with Gasteiger partial charge in [0.1, 0.15) is 5.75 Å². The van der Waals surface area contributed by atoms with E-state index < -0.39 is 0 Å². The second-order valence-electron chi connectivity index (χ2n) is 10.3. The standard InChI is InChI=1S/C26H39NO2/c1-18(12-15-27(3)4)29-16-13-20-6-10-25-24-8-5-19-17-21(28)7-9-22(19)23(24)11-14-26(20,25)2/h7,9,13,17-18,23-25,28H,5-6,8,10-12,14-16H2,1-4H3/b20-13+. The fourth-order valence-electron chi connectivity index (χ4n) is 6.59. The molecule has 0 heterocycles. The van der Waals surface area contributed by atoms with Crippen LogP contribution in [0.1, 0.15) is 69.4 Å². The van der Waals surface area contributed by atoms with E-state index in [-0.39, 0.29) is 0 Å². The summed E-state index contributed by atoms with van der Waals surface area (Å²) in [7, 11) is 4.24. The van der Waals surface area contributed by atoms with E-state index in [0.29, 0.717) is 23.2 Å². The third kappa shape index (κ3) is 4.14. The van der Waals surface area contributed by atoms with Gasteiger partial charge in [0.2, 0.25) is 0 Å². The molecule has 2 fully saturated rings. The van der Waals surface area contributed by atoms with Crippen LogP contribution in [0.5, 0.6) is 5.75 Å². The fourth-order valence-corrected chi connectivity index (χ4v) is 6.59. The van der Waals surface area contributed by atoms with Crippen LogP contribution in [0.15, 0.2) is 29.8 Å². The van der Waals surface area contributed by atoms with E-state index in [1.807, 2.05) is 12.1 Å². The Morgan fingerprint density at radius 2 is 2.07 bits per heavy atom. The maximum atomic E-state index is 9.87. The molecule has 4 rings (SSSR count). The zero-order valence-electron chi connectivity index (χ0n) is 18.8. The lowest BCUT2D eigenvalue weighted by atomic mass is 9.55. The molecule has 2 saturated carbocycles. The number of phenols is 1. The van der Waals surface area contributed by atoms with Gasteiger partial charge in [-0.1, -0.05) is 24.6 Å². The van der Waals surface area contributed by atoms with Crippen LogP contribution in [0.2, 0.25) is 0 Å². The molecule has 160 valence electrons. The highest BCUT2D eigenvalue weighted by Gasteiger charge is 2.52. The van der Waals surface area contributed by atoms with Crippen molar-refractivity contribution in [3.8, 4) is 5.75 Å². The van der Waals surface area contributed by atoms with Crippen LogP contribution in [-0.4, -0.2) is 43.4 Å². The summed E-state index contributed by atoms with van der Waals surface area (Å²) in [4.78, 5) is 2.23. The van der Waals surface area contributed by atoms with E-state index in [1.165, 1.54) is 43.2 Å². The third-order valence-electron chi connectivity index (χ3n) is 8.25. The molecule has 0 spiro atoms. The topological polar surface area (TPSA) is 32.7 Å². The van der Waals surface area contributed by atoms with Crippen molar-refractivity contribution in [3.05, 3.63) is 41.0 Å². The van der Waals surface area contributed by atoms with Crippen molar-refractivity contribution in [2.24, 2.45) is 17.3 Å². The van der Waals surface area contributed by atoms with Gasteiger partial charge in [0.25, 0.3) is 0 Å². The van der Waals surface area contributed by atoms with E-state index >= 15 is 0 Å². The van der Waals surface area contributed by atoms with Crippen molar-refractivity contribution < 1.29 is 9.84 Å². The number of hydrogen-bond acceptors (Lipinski definition) is 3. The Labute approximate surface area is 177 Å². The third-order valence-corrected chi connectivity index (χ3v) is 8.25. The molecule has 3 heteroatoms. The second-order valence-corrected chi connectivity index (χ2v) is 10.3. The zero-order valence-corrected chi connectivity index (χ0v) is 18.8. The summed E-state index contributed by atoms with van der Waals surface area (Å²) in [6.07, 6.45) is 11.4. The SMILES string of the molecule is CC(CCN(C)C)OC/C=C1\CCC2C3CCc4cc(O)ccc4C3CCC12C. The van der Waals surface area contributed by atoms with Crippen LogP contribution < -0.4 is 0 Å².